The van der Waals surface area contributed by atoms with E-state index in [0.717, 1.165) is 23.5 Å². The predicted octanol–water partition coefficient (Wildman–Crippen LogP) is 2.08. The van der Waals surface area contributed by atoms with Gasteiger partial charge in [-0.3, -0.25) is 9.89 Å². The normalized spacial score (nSPS) is 21.9. The number of thioether (sulfide) groups is 1. The molecule has 1 aliphatic heterocycles. The Kier molecular flexibility index (Phi) is 2.39. The van der Waals surface area contributed by atoms with Crippen molar-refractivity contribution in [2.75, 3.05) is 5.75 Å². The van der Waals surface area contributed by atoms with Crippen LogP contribution in [0.3, 0.4) is 0 Å². The summed E-state index contributed by atoms with van der Waals surface area (Å²) in [7, 11) is 0. The summed E-state index contributed by atoms with van der Waals surface area (Å²) in [6.45, 7) is 0. The summed E-state index contributed by atoms with van der Waals surface area (Å²) in [4.78, 5) is 12.1. The quantitative estimate of drug-likeness (QED) is 0.793. The van der Waals surface area contributed by atoms with Crippen molar-refractivity contribution in [3.8, 4) is 0 Å². The summed E-state index contributed by atoms with van der Waals surface area (Å²) in [5.41, 5.74) is 2.50. The molecule has 0 saturated heterocycles. The van der Waals surface area contributed by atoms with Gasteiger partial charge in [-0.05, 0) is 25.0 Å². The second-order valence-corrected chi connectivity index (χ2v) is 5.59. The lowest BCUT2D eigenvalue weighted by molar-refractivity contribution is 0.452. The highest BCUT2D eigenvalue weighted by Crippen LogP contribution is 2.29. The lowest BCUT2D eigenvalue weighted by atomic mass is 10.2. The summed E-state index contributed by atoms with van der Waals surface area (Å²) >= 11 is 1.92. The van der Waals surface area contributed by atoms with Gasteiger partial charge in [-0.1, -0.05) is 12.8 Å². The fraction of sp³-hybridized carbons (Fsp3) is 0.727. The van der Waals surface area contributed by atoms with Crippen molar-refractivity contribution in [1.29, 1.82) is 0 Å². The average Bonchev–Trinajstić information content (AvgIpc) is 2.87. The first-order chi connectivity index (χ1) is 7.36. The Bertz CT molecular complexity index is 415. The smallest absolute Gasteiger partial charge is 0.270 e. The third kappa shape index (κ3) is 1.55. The fourth-order valence-corrected chi connectivity index (χ4v) is 3.62. The van der Waals surface area contributed by atoms with Crippen LogP contribution in [-0.4, -0.2) is 15.5 Å². The van der Waals surface area contributed by atoms with Crippen molar-refractivity contribution in [3.05, 3.63) is 21.6 Å². The maximum Gasteiger partial charge on any atom is 0.270 e. The highest BCUT2D eigenvalue weighted by atomic mass is 32.2. The third-order valence-electron chi connectivity index (χ3n) is 3.53. The molecule has 0 spiro atoms. The first kappa shape index (κ1) is 9.58. The Hall–Kier alpha value is -0.640. The number of fused-ring (bicyclic) bond motifs is 1. The fourth-order valence-electron chi connectivity index (χ4n) is 2.68. The molecule has 82 valence electrons. The molecule has 1 aromatic heterocycles. The molecule has 0 atom stereocenters. The molecule has 0 unspecified atom stereocenters. The molecule has 0 aromatic carbocycles. The molecule has 0 amide bonds. The molecule has 3 nitrogen and oxygen atoms in total. The molecule has 1 saturated carbocycles. The van der Waals surface area contributed by atoms with E-state index in [9.17, 15) is 4.79 Å². The summed E-state index contributed by atoms with van der Waals surface area (Å²) in [6, 6.07) is 0.452. The van der Waals surface area contributed by atoms with Crippen molar-refractivity contribution in [1.82, 2.24) is 9.78 Å². The zero-order valence-electron chi connectivity index (χ0n) is 8.79. The SMILES string of the molecule is O=c1c2c([nH]n1C1CCCC1)CSCC2. The van der Waals surface area contributed by atoms with Crippen molar-refractivity contribution in [2.45, 2.75) is 43.9 Å². The number of nitrogens with zero attached hydrogens (tertiary/aromatic N) is 1. The van der Waals surface area contributed by atoms with Gasteiger partial charge in [-0.15, -0.1) is 0 Å². The van der Waals surface area contributed by atoms with E-state index in [1.54, 1.807) is 0 Å². The molecule has 1 fully saturated rings. The van der Waals surface area contributed by atoms with Crippen LogP contribution in [0.25, 0.3) is 0 Å². The van der Waals surface area contributed by atoms with E-state index in [-0.39, 0.29) is 5.56 Å². The Balaban J connectivity index is 2.01. The van der Waals surface area contributed by atoms with E-state index in [1.165, 1.54) is 31.4 Å². The lowest BCUT2D eigenvalue weighted by Crippen LogP contribution is -2.23. The van der Waals surface area contributed by atoms with E-state index in [4.69, 9.17) is 0 Å². The van der Waals surface area contributed by atoms with Gasteiger partial charge in [-0.25, -0.2) is 4.68 Å². The number of H-pyrrole nitrogens is 1. The van der Waals surface area contributed by atoms with Gasteiger partial charge in [0.15, 0.2) is 0 Å². The van der Waals surface area contributed by atoms with E-state index >= 15 is 0 Å². The summed E-state index contributed by atoms with van der Waals surface area (Å²) in [5.74, 6) is 2.09. The van der Waals surface area contributed by atoms with Crippen molar-refractivity contribution in [3.63, 3.8) is 0 Å². The van der Waals surface area contributed by atoms with Crippen LogP contribution in [0.1, 0.15) is 43.0 Å². The molecule has 3 rings (SSSR count). The van der Waals surface area contributed by atoms with Crippen molar-refractivity contribution >= 4 is 11.8 Å². The molecule has 1 aromatic rings. The van der Waals surface area contributed by atoms with Gasteiger partial charge >= 0.3 is 0 Å². The highest BCUT2D eigenvalue weighted by Gasteiger charge is 2.24. The van der Waals surface area contributed by atoms with Crippen LogP contribution >= 0.6 is 11.8 Å². The van der Waals surface area contributed by atoms with E-state index in [2.05, 4.69) is 5.10 Å². The first-order valence-electron chi connectivity index (χ1n) is 5.76. The summed E-state index contributed by atoms with van der Waals surface area (Å²) in [5, 5.41) is 3.33. The van der Waals surface area contributed by atoms with Gasteiger partial charge in [0.25, 0.3) is 5.56 Å². The largest absolute Gasteiger partial charge is 0.298 e. The minimum Gasteiger partial charge on any atom is -0.298 e. The van der Waals surface area contributed by atoms with Gasteiger partial charge in [-0.2, -0.15) is 11.8 Å². The predicted molar refractivity (Wildman–Crippen MR) is 62.4 cm³/mol. The Labute approximate surface area is 93.2 Å². The van der Waals surface area contributed by atoms with Crippen LogP contribution in [0, 0.1) is 0 Å². The molecule has 15 heavy (non-hydrogen) atoms. The minimum absolute atomic E-state index is 0.261. The van der Waals surface area contributed by atoms with Gasteiger partial charge in [0.1, 0.15) is 0 Å². The Morgan fingerprint density at radius 2 is 2.13 bits per heavy atom. The van der Waals surface area contributed by atoms with Crippen molar-refractivity contribution < 1.29 is 0 Å². The van der Waals surface area contributed by atoms with Gasteiger partial charge in [0.2, 0.25) is 0 Å². The average molecular weight is 224 g/mol. The van der Waals surface area contributed by atoms with Crippen LogP contribution in [-0.2, 0) is 12.2 Å². The maximum absolute atomic E-state index is 12.1. The lowest BCUT2D eigenvalue weighted by Gasteiger charge is -2.09. The van der Waals surface area contributed by atoms with E-state index < -0.39 is 0 Å². The molecule has 4 heteroatoms. The van der Waals surface area contributed by atoms with Crippen LogP contribution in [0.4, 0.5) is 0 Å². The first-order valence-corrected chi connectivity index (χ1v) is 6.92. The number of rotatable bonds is 1. The maximum atomic E-state index is 12.1. The number of hydrogen-bond acceptors (Lipinski definition) is 2. The van der Waals surface area contributed by atoms with Gasteiger partial charge in [0, 0.05) is 11.3 Å². The minimum atomic E-state index is 0.261. The number of aromatic nitrogens is 2. The zero-order chi connectivity index (χ0) is 10.3. The van der Waals surface area contributed by atoms with Gasteiger partial charge < -0.3 is 0 Å². The molecular formula is C11H16N2OS. The molecule has 1 N–H and O–H groups in total. The van der Waals surface area contributed by atoms with E-state index in [1.807, 2.05) is 16.4 Å². The Morgan fingerprint density at radius 1 is 1.33 bits per heavy atom. The standard InChI is InChI=1S/C11H16N2OS/c14-11-9-5-6-15-7-10(9)12-13(11)8-3-1-2-4-8/h8,12H,1-7H2. The van der Waals surface area contributed by atoms with Crippen LogP contribution in [0.2, 0.25) is 0 Å². The highest BCUT2D eigenvalue weighted by molar-refractivity contribution is 7.98. The second kappa shape index (κ2) is 3.74. The van der Waals surface area contributed by atoms with E-state index in [0.29, 0.717) is 6.04 Å². The molecule has 0 bridgehead atoms. The van der Waals surface area contributed by atoms with Gasteiger partial charge in [0.05, 0.1) is 11.7 Å². The Morgan fingerprint density at radius 3 is 2.87 bits per heavy atom. The number of hydrogen-bond donors (Lipinski definition) is 1. The number of nitrogens with one attached hydrogen (secondary N) is 1. The summed E-state index contributed by atoms with van der Waals surface area (Å²) < 4.78 is 1.91. The molecule has 1 aliphatic carbocycles. The second-order valence-electron chi connectivity index (χ2n) is 4.48. The zero-order valence-corrected chi connectivity index (χ0v) is 9.61. The van der Waals surface area contributed by atoms with Crippen molar-refractivity contribution in [2.24, 2.45) is 0 Å². The molecular weight excluding hydrogens is 208 g/mol. The monoisotopic (exact) mass is 224 g/mol. The topological polar surface area (TPSA) is 37.8 Å². The molecule has 0 radical (unpaired) electrons. The molecule has 2 aliphatic rings. The number of aromatic amines is 1. The summed E-state index contributed by atoms with van der Waals surface area (Å²) in [6.07, 6.45) is 5.85. The van der Waals surface area contributed by atoms with Crippen LogP contribution < -0.4 is 5.56 Å². The third-order valence-corrected chi connectivity index (χ3v) is 4.51. The van der Waals surface area contributed by atoms with Crippen LogP contribution in [0.5, 0.6) is 0 Å². The molecule has 2 heterocycles. The van der Waals surface area contributed by atoms with Crippen LogP contribution in [0.15, 0.2) is 4.79 Å².